The van der Waals surface area contributed by atoms with Crippen LogP contribution in [0.5, 0.6) is 0 Å². The number of rotatable bonds is 5. The highest BCUT2D eigenvalue weighted by Crippen LogP contribution is 2.37. The average molecular weight is 510 g/mol. The van der Waals surface area contributed by atoms with Crippen LogP contribution in [0.3, 0.4) is 0 Å². The number of aromatic nitrogens is 2. The Morgan fingerprint density at radius 2 is 1.10 bits per heavy atom. The van der Waals surface area contributed by atoms with Gasteiger partial charge in [-0.25, -0.2) is 9.97 Å². The number of benzene rings is 4. The van der Waals surface area contributed by atoms with Crippen molar-refractivity contribution in [2.75, 3.05) is 0 Å². The van der Waals surface area contributed by atoms with E-state index in [9.17, 15) is 0 Å². The summed E-state index contributed by atoms with van der Waals surface area (Å²) in [6.45, 7) is 8.32. The van der Waals surface area contributed by atoms with Crippen molar-refractivity contribution in [1.29, 1.82) is 0 Å². The van der Waals surface area contributed by atoms with Crippen molar-refractivity contribution in [2.45, 2.75) is 38.9 Å². The molecule has 1 aromatic heterocycles. The van der Waals surface area contributed by atoms with Crippen LogP contribution in [-0.4, -0.2) is 28.3 Å². The van der Waals surface area contributed by atoms with Gasteiger partial charge in [-0.3, -0.25) is 0 Å². The van der Waals surface area contributed by atoms with E-state index >= 15 is 0 Å². The first kappa shape index (κ1) is 25.2. The minimum atomic E-state index is -0.401. The third-order valence-electron chi connectivity index (χ3n) is 7.79. The van der Waals surface area contributed by atoms with E-state index in [0.29, 0.717) is 5.82 Å². The molecule has 2 heterocycles. The second kappa shape index (κ2) is 9.92. The maximum Gasteiger partial charge on any atom is 0.494 e. The zero-order valence-electron chi connectivity index (χ0n) is 22.8. The Labute approximate surface area is 230 Å². The molecule has 5 heteroatoms. The quantitative estimate of drug-likeness (QED) is 0.231. The monoisotopic (exact) mass is 510 g/mol. The lowest BCUT2D eigenvalue weighted by Gasteiger charge is -2.32. The van der Waals surface area contributed by atoms with Gasteiger partial charge in [-0.15, -0.1) is 0 Å². The summed E-state index contributed by atoms with van der Waals surface area (Å²) in [7, 11) is -0.401. The van der Waals surface area contributed by atoms with Gasteiger partial charge in [-0.2, -0.15) is 0 Å². The molecule has 0 radical (unpaired) electrons. The fourth-order valence-electron chi connectivity index (χ4n) is 4.85. The Hall–Kier alpha value is -4.06. The van der Waals surface area contributed by atoms with Gasteiger partial charge in [-0.05, 0) is 55.9 Å². The molecule has 0 aliphatic carbocycles. The van der Waals surface area contributed by atoms with Crippen LogP contribution < -0.4 is 5.46 Å². The third kappa shape index (κ3) is 4.92. The maximum atomic E-state index is 6.31. The minimum absolute atomic E-state index is 0.382. The van der Waals surface area contributed by atoms with Gasteiger partial charge >= 0.3 is 7.12 Å². The van der Waals surface area contributed by atoms with Gasteiger partial charge in [0.05, 0.1) is 16.9 Å². The van der Waals surface area contributed by atoms with Crippen LogP contribution in [0.1, 0.15) is 27.7 Å². The second-order valence-corrected chi connectivity index (χ2v) is 11.0. The second-order valence-electron chi connectivity index (χ2n) is 11.0. The Bertz CT molecular complexity index is 1600. The van der Waals surface area contributed by atoms with E-state index in [1.54, 1.807) is 0 Å². The molecule has 0 amide bonds. The molecule has 0 saturated carbocycles. The summed E-state index contributed by atoms with van der Waals surface area (Å²) in [5, 5.41) is 0. The summed E-state index contributed by atoms with van der Waals surface area (Å²) < 4.78 is 12.6. The van der Waals surface area contributed by atoms with Crippen molar-refractivity contribution in [2.24, 2.45) is 0 Å². The Kier molecular flexibility index (Phi) is 6.42. The highest BCUT2D eigenvalue weighted by Gasteiger charge is 2.51. The van der Waals surface area contributed by atoms with E-state index in [0.717, 1.165) is 44.5 Å². The van der Waals surface area contributed by atoms with E-state index < -0.39 is 7.12 Å². The summed E-state index contributed by atoms with van der Waals surface area (Å²) in [5.74, 6) is 0.712. The number of nitrogens with zero attached hydrogens (tertiary/aromatic N) is 2. The van der Waals surface area contributed by atoms with Gasteiger partial charge in [0.25, 0.3) is 0 Å². The SMILES string of the molecule is CC1(C)OB(c2cccc(-c3cccc(-c4cnc(-c5ccccc5)nc4-c4ccccc4)c3)c2)OC1(C)C. The van der Waals surface area contributed by atoms with Gasteiger partial charge in [0, 0.05) is 22.9 Å². The molecule has 1 aliphatic heterocycles. The van der Waals surface area contributed by atoms with Gasteiger partial charge in [0.1, 0.15) is 0 Å². The van der Waals surface area contributed by atoms with Crippen LogP contribution in [0.25, 0.3) is 44.9 Å². The van der Waals surface area contributed by atoms with Crippen molar-refractivity contribution in [3.05, 3.63) is 115 Å². The Morgan fingerprint density at radius 1 is 0.564 bits per heavy atom. The van der Waals surface area contributed by atoms with Crippen molar-refractivity contribution in [3.8, 4) is 44.9 Å². The zero-order valence-corrected chi connectivity index (χ0v) is 22.8. The number of hydrogen-bond acceptors (Lipinski definition) is 4. The van der Waals surface area contributed by atoms with E-state index in [4.69, 9.17) is 19.3 Å². The Balaban J connectivity index is 1.39. The summed E-state index contributed by atoms with van der Waals surface area (Å²) in [4.78, 5) is 9.80. The molecule has 39 heavy (non-hydrogen) atoms. The first-order valence-corrected chi connectivity index (χ1v) is 13.4. The molecule has 0 bridgehead atoms. The lowest BCUT2D eigenvalue weighted by Crippen LogP contribution is -2.41. The van der Waals surface area contributed by atoms with Gasteiger partial charge in [0.2, 0.25) is 0 Å². The van der Waals surface area contributed by atoms with Crippen LogP contribution in [0, 0.1) is 0 Å². The largest absolute Gasteiger partial charge is 0.494 e. The lowest BCUT2D eigenvalue weighted by atomic mass is 9.78. The Morgan fingerprint density at radius 3 is 1.77 bits per heavy atom. The molecule has 192 valence electrons. The van der Waals surface area contributed by atoms with Crippen LogP contribution in [0.4, 0.5) is 0 Å². The fraction of sp³-hybridized carbons (Fsp3) is 0.176. The van der Waals surface area contributed by atoms with Gasteiger partial charge in [0.15, 0.2) is 5.82 Å². The number of hydrogen-bond donors (Lipinski definition) is 0. The van der Waals surface area contributed by atoms with E-state index in [1.165, 1.54) is 0 Å². The molecule has 4 aromatic carbocycles. The van der Waals surface area contributed by atoms with Gasteiger partial charge in [-0.1, -0.05) is 103 Å². The first-order chi connectivity index (χ1) is 18.8. The molecule has 0 atom stereocenters. The first-order valence-electron chi connectivity index (χ1n) is 13.4. The van der Waals surface area contributed by atoms with Crippen molar-refractivity contribution in [1.82, 2.24) is 9.97 Å². The van der Waals surface area contributed by atoms with Crippen LogP contribution in [0.2, 0.25) is 0 Å². The summed E-state index contributed by atoms with van der Waals surface area (Å²) >= 11 is 0. The highest BCUT2D eigenvalue weighted by atomic mass is 16.7. The molecule has 1 aliphatic rings. The van der Waals surface area contributed by atoms with Crippen molar-refractivity contribution in [3.63, 3.8) is 0 Å². The van der Waals surface area contributed by atoms with Crippen molar-refractivity contribution < 1.29 is 9.31 Å². The summed E-state index contributed by atoms with van der Waals surface area (Å²) in [6.07, 6.45) is 1.94. The van der Waals surface area contributed by atoms with E-state index in [2.05, 4.69) is 88.4 Å². The van der Waals surface area contributed by atoms with Crippen LogP contribution in [-0.2, 0) is 9.31 Å². The maximum absolute atomic E-state index is 6.31. The fourth-order valence-corrected chi connectivity index (χ4v) is 4.85. The van der Waals surface area contributed by atoms with E-state index in [1.807, 2.05) is 54.7 Å². The molecule has 0 N–H and O–H groups in total. The molecule has 6 rings (SSSR count). The van der Waals surface area contributed by atoms with E-state index in [-0.39, 0.29) is 11.2 Å². The highest BCUT2D eigenvalue weighted by molar-refractivity contribution is 6.62. The average Bonchev–Trinajstić information content (AvgIpc) is 3.20. The lowest BCUT2D eigenvalue weighted by molar-refractivity contribution is 0.00578. The molecular formula is C34H31BN2O2. The smallest absolute Gasteiger partial charge is 0.399 e. The minimum Gasteiger partial charge on any atom is -0.399 e. The standard InChI is InChI=1S/C34H31BN2O2/c1-33(2)34(3,4)39-35(38-33)29-20-12-18-27(22-29)26-17-11-19-28(21-26)30-23-36-32(25-15-9-6-10-16-25)37-31(30)24-13-7-5-8-14-24/h5-23H,1-4H3. The van der Waals surface area contributed by atoms with Crippen LogP contribution in [0.15, 0.2) is 115 Å². The van der Waals surface area contributed by atoms with Gasteiger partial charge < -0.3 is 9.31 Å². The molecular weight excluding hydrogens is 479 g/mol. The van der Waals surface area contributed by atoms with Crippen LogP contribution >= 0.6 is 0 Å². The zero-order chi connectivity index (χ0) is 27.0. The molecule has 1 fully saturated rings. The summed E-state index contributed by atoms with van der Waals surface area (Å²) in [5.41, 5.74) is 7.47. The summed E-state index contributed by atoms with van der Waals surface area (Å²) in [6, 6.07) is 37.4. The molecule has 0 unspecified atom stereocenters. The normalized spacial score (nSPS) is 15.8. The molecule has 4 nitrogen and oxygen atoms in total. The third-order valence-corrected chi connectivity index (χ3v) is 7.79. The van der Waals surface area contributed by atoms with Crippen molar-refractivity contribution >= 4 is 12.6 Å². The molecule has 5 aromatic rings. The molecule has 0 spiro atoms. The predicted octanol–water partition coefficient (Wildman–Crippen LogP) is 7.44. The predicted molar refractivity (Wildman–Crippen MR) is 159 cm³/mol. The topological polar surface area (TPSA) is 44.2 Å². The molecule has 1 saturated heterocycles.